The highest BCUT2D eigenvalue weighted by Crippen LogP contribution is 2.15. The third kappa shape index (κ3) is 29.4. The second-order valence-corrected chi connectivity index (χ2v) is 10.4. The molecule has 0 unspecified atom stereocenters. The summed E-state index contributed by atoms with van der Waals surface area (Å²) in [6.45, 7) is 3.35. The van der Waals surface area contributed by atoms with Gasteiger partial charge in [0.05, 0.1) is 6.54 Å². The molecular formula is C29H61NO5. The summed E-state index contributed by atoms with van der Waals surface area (Å²) in [5.74, 6) is -1.08. The first-order valence-corrected chi connectivity index (χ1v) is 14.8. The molecule has 6 nitrogen and oxygen atoms in total. The number of rotatable bonds is 26. The molecule has 6 heteroatoms. The molecule has 0 atom stereocenters. The molecule has 0 aliphatic rings. The summed E-state index contributed by atoms with van der Waals surface area (Å²) in [7, 11) is 0. The number of carbonyl (C=O) groups excluding carboxylic acids is 1. The van der Waals surface area contributed by atoms with Crippen molar-refractivity contribution >= 4 is 5.97 Å². The Kier molecular flexibility index (Phi) is 30.8. The van der Waals surface area contributed by atoms with Crippen molar-refractivity contribution in [1.82, 2.24) is 0 Å². The van der Waals surface area contributed by atoms with Crippen molar-refractivity contribution in [2.45, 2.75) is 155 Å². The number of unbranched alkanes of at least 4 members (excludes halogenated alkanes) is 21. The van der Waals surface area contributed by atoms with Gasteiger partial charge in [-0.3, -0.25) is 4.48 Å². The van der Waals surface area contributed by atoms with Gasteiger partial charge in [0.25, 0.3) is 0 Å². The van der Waals surface area contributed by atoms with E-state index in [0.717, 1.165) is 19.8 Å². The molecule has 0 aromatic heterocycles. The number of nitrogens with zero attached hydrogens (tertiary/aromatic N) is 1. The standard InChI is InChI=1S/C27H58NO3.C2H4O2/c1-2-3-4-5-6-7-8-9-10-11-12-13-14-15-16-17-18-19-20-21-22-23-24-28(25-29,26-30)27-31;1-2(3)4/h29-31H,2-27H2,1H3;1H3,(H,3,4)/q+1;/p-1. The maximum absolute atomic E-state index is 9.30. The van der Waals surface area contributed by atoms with Crippen molar-refractivity contribution in [3.63, 3.8) is 0 Å². The summed E-state index contributed by atoms with van der Waals surface area (Å²) in [4.78, 5) is 8.89. The number of carboxylic acid groups (broad SMARTS) is 1. The number of hydrogen-bond donors (Lipinski definition) is 3. The highest BCUT2D eigenvalue weighted by Gasteiger charge is 2.23. The summed E-state index contributed by atoms with van der Waals surface area (Å²) in [6, 6.07) is 0. The zero-order chi connectivity index (χ0) is 26.5. The van der Waals surface area contributed by atoms with Crippen LogP contribution in [0.1, 0.15) is 155 Å². The molecule has 0 spiro atoms. The lowest BCUT2D eigenvalue weighted by molar-refractivity contribution is -0.976. The van der Waals surface area contributed by atoms with Crippen LogP contribution < -0.4 is 5.11 Å². The van der Waals surface area contributed by atoms with Crippen molar-refractivity contribution in [2.75, 3.05) is 26.7 Å². The average Bonchev–Trinajstić information content (AvgIpc) is 2.85. The number of hydrogen-bond acceptors (Lipinski definition) is 5. The zero-order valence-electron chi connectivity index (χ0n) is 23.5. The highest BCUT2D eigenvalue weighted by atomic mass is 16.4. The molecule has 0 radical (unpaired) electrons. The molecule has 0 aliphatic carbocycles. The van der Waals surface area contributed by atoms with E-state index in [1.54, 1.807) is 0 Å². The summed E-state index contributed by atoms with van der Waals surface area (Å²) in [6.07, 6.45) is 30.2. The summed E-state index contributed by atoms with van der Waals surface area (Å²) in [5.41, 5.74) is 0. The fraction of sp³-hybridized carbons (Fsp3) is 0.966. The Balaban J connectivity index is 0. The van der Waals surface area contributed by atoms with Gasteiger partial charge in [0.1, 0.15) is 0 Å². The normalized spacial score (nSPS) is 11.3. The molecule has 0 aromatic carbocycles. The minimum atomic E-state index is -1.08. The average molecular weight is 504 g/mol. The van der Waals surface area contributed by atoms with Gasteiger partial charge in [-0.1, -0.05) is 135 Å². The Labute approximate surface area is 217 Å². The number of carbonyl (C=O) groups is 1. The largest absolute Gasteiger partial charge is 0.550 e. The predicted octanol–water partition coefficient (Wildman–Crippen LogP) is 6.01. The molecule has 0 fully saturated rings. The van der Waals surface area contributed by atoms with E-state index in [1.165, 1.54) is 128 Å². The molecule has 0 rings (SSSR count). The quantitative estimate of drug-likeness (QED) is 0.0762. The number of aliphatic hydroxyl groups excluding tert-OH is 3. The van der Waals surface area contributed by atoms with Crippen molar-refractivity contribution in [2.24, 2.45) is 0 Å². The number of aliphatic hydroxyl groups is 3. The number of quaternary nitrogens is 1. The summed E-state index contributed by atoms with van der Waals surface area (Å²) >= 11 is 0. The van der Waals surface area contributed by atoms with Gasteiger partial charge in [-0.2, -0.15) is 0 Å². The SMILES string of the molecule is CC(=O)[O-].CCCCCCCCCCCCCCCCCCCCCCCC[N+](CO)(CO)CO. The van der Waals surface area contributed by atoms with Gasteiger partial charge in [-0.25, -0.2) is 0 Å². The van der Waals surface area contributed by atoms with Crippen molar-refractivity contribution < 1.29 is 29.7 Å². The molecule has 3 N–H and O–H groups in total. The van der Waals surface area contributed by atoms with Gasteiger partial charge in [0.15, 0.2) is 20.2 Å². The summed E-state index contributed by atoms with van der Waals surface area (Å²) in [5, 5.41) is 36.8. The molecule has 35 heavy (non-hydrogen) atoms. The fourth-order valence-electron chi connectivity index (χ4n) is 4.40. The molecule has 0 amide bonds. The second-order valence-electron chi connectivity index (χ2n) is 10.4. The van der Waals surface area contributed by atoms with Crippen LogP contribution in [-0.4, -0.2) is 52.5 Å². The predicted molar refractivity (Wildman–Crippen MR) is 144 cm³/mol. The smallest absolute Gasteiger partial charge is 0.183 e. The van der Waals surface area contributed by atoms with E-state index in [1.807, 2.05) is 0 Å². The van der Waals surface area contributed by atoms with Crippen LogP contribution in [0.2, 0.25) is 0 Å². The Morgan fingerprint density at radius 2 is 0.714 bits per heavy atom. The van der Waals surface area contributed by atoms with Crippen LogP contribution >= 0.6 is 0 Å². The molecule has 0 saturated carbocycles. The zero-order valence-corrected chi connectivity index (χ0v) is 23.5. The molecule has 212 valence electrons. The molecule has 0 saturated heterocycles. The lowest BCUT2D eigenvalue weighted by Gasteiger charge is -2.31. The second kappa shape index (κ2) is 29.5. The topological polar surface area (TPSA) is 101 Å². The molecular weight excluding hydrogens is 442 g/mol. The first-order valence-electron chi connectivity index (χ1n) is 14.8. The summed E-state index contributed by atoms with van der Waals surface area (Å²) < 4.78 is -0.000800. The van der Waals surface area contributed by atoms with E-state index in [-0.39, 0.29) is 24.7 Å². The molecule has 0 aromatic rings. The fourth-order valence-corrected chi connectivity index (χ4v) is 4.40. The van der Waals surface area contributed by atoms with Gasteiger partial charge in [-0.15, -0.1) is 0 Å². The van der Waals surface area contributed by atoms with Crippen LogP contribution in [0.25, 0.3) is 0 Å². The van der Waals surface area contributed by atoms with Gasteiger partial charge < -0.3 is 25.2 Å². The maximum Gasteiger partial charge on any atom is 0.183 e. The van der Waals surface area contributed by atoms with E-state index in [4.69, 9.17) is 9.90 Å². The third-order valence-corrected chi connectivity index (χ3v) is 6.89. The van der Waals surface area contributed by atoms with Gasteiger partial charge >= 0.3 is 0 Å². The van der Waals surface area contributed by atoms with E-state index < -0.39 is 5.97 Å². The van der Waals surface area contributed by atoms with Gasteiger partial charge in [-0.05, 0) is 19.8 Å². The van der Waals surface area contributed by atoms with Gasteiger partial charge in [0.2, 0.25) is 0 Å². The lowest BCUT2D eigenvalue weighted by Crippen LogP contribution is -2.50. The number of carboxylic acids is 1. The molecule has 0 heterocycles. The van der Waals surface area contributed by atoms with Crippen LogP contribution in [0.4, 0.5) is 0 Å². The first kappa shape index (κ1) is 36.5. The minimum absolute atomic E-state index is 0.000800. The number of aliphatic carboxylic acids is 1. The lowest BCUT2D eigenvalue weighted by atomic mass is 10.0. The molecule has 0 bridgehead atoms. The Hall–Kier alpha value is -0.690. The monoisotopic (exact) mass is 503 g/mol. The van der Waals surface area contributed by atoms with Crippen LogP contribution in [0, 0.1) is 0 Å². The Morgan fingerprint density at radius 3 is 0.914 bits per heavy atom. The first-order chi connectivity index (χ1) is 17.0. The van der Waals surface area contributed by atoms with Crippen molar-refractivity contribution in [3.05, 3.63) is 0 Å². The van der Waals surface area contributed by atoms with Crippen LogP contribution in [0.5, 0.6) is 0 Å². The van der Waals surface area contributed by atoms with E-state index in [2.05, 4.69) is 6.92 Å². The third-order valence-electron chi connectivity index (χ3n) is 6.89. The Bertz CT molecular complexity index is 404. The van der Waals surface area contributed by atoms with Crippen molar-refractivity contribution in [3.8, 4) is 0 Å². The van der Waals surface area contributed by atoms with E-state index in [9.17, 15) is 15.3 Å². The van der Waals surface area contributed by atoms with E-state index >= 15 is 0 Å². The van der Waals surface area contributed by atoms with Gasteiger partial charge in [0, 0.05) is 5.97 Å². The van der Waals surface area contributed by atoms with Crippen LogP contribution in [-0.2, 0) is 4.79 Å². The maximum atomic E-state index is 9.30. The van der Waals surface area contributed by atoms with E-state index in [0.29, 0.717) is 6.54 Å². The van der Waals surface area contributed by atoms with Crippen LogP contribution in [0.3, 0.4) is 0 Å². The van der Waals surface area contributed by atoms with Crippen LogP contribution in [0.15, 0.2) is 0 Å². The molecule has 0 aliphatic heterocycles. The highest BCUT2D eigenvalue weighted by molar-refractivity contribution is 5.60. The minimum Gasteiger partial charge on any atom is -0.550 e. The van der Waals surface area contributed by atoms with Crippen molar-refractivity contribution in [1.29, 1.82) is 0 Å². The Morgan fingerprint density at radius 1 is 0.514 bits per heavy atom.